The number of para-hydroxylation sites is 2. The molecule has 4 rings (SSSR count). The van der Waals surface area contributed by atoms with Crippen LogP contribution in [0.15, 0.2) is 52.5 Å². The van der Waals surface area contributed by atoms with Crippen LogP contribution in [0.25, 0.3) is 11.0 Å². The molecule has 0 atom stereocenters. The van der Waals surface area contributed by atoms with E-state index < -0.39 is 0 Å². The largest absolute Gasteiger partial charge is 0.338 e. The molecule has 1 saturated heterocycles. The number of rotatable bonds is 5. The van der Waals surface area contributed by atoms with Gasteiger partial charge in [0.1, 0.15) is 0 Å². The molecule has 0 N–H and O–H groups in total. The third-order valence-corrected chi connectivity index (χ3v) is 5.87. The van der Waals surface area contributed by atoms with Crippen LogP contribution in [0.2, 0.25) is 0 Å². The van der Waals surface area contributed by atoms with E-state index in [1.165, 1.54) is 11.8 Å². The van der Waals surface area contributed by atoms with E-state index in [-0.39, 0.29) is 17.2 Å². The van der Waals surface area contributed by atoms with Crippen molar-refractivity contribution in [3.05, 3.63) is 53.1 Å². The summed E-state index contributed by atoms with van der Waals surface area (Å²) in [5.74, 6) is 0.905. The SMILES string of the molecule is CCn1c(=O)c(SCC(=O)N2CCN(c3ncccn3)CC2)nc2ccccc21. The van der Waals surface area contributed by atoms with Gasteiger partial charge >= 0.3 is 0 Å². The molecule has 2 aromatic heterocycles. The molecule has 3 heterocycles. The lowest BCUT2D eigenvalue weighted by Crippen LogP contribution is -2.49. The summed E-state index contributed by atoms with van der Waals surface area (Å²) in [6.45, 7) is 5.11. The lowest BCUT2D eigenvalue weighted by molar-refractivity contribution is -0.128. The number of hydrogen-bond donors (Lipinski definition) is 0. The summed E-state index contributed by atoms with van der Waals surface area (Å²) in [5.41, 5.74) is 1.44. The van der Waals surface area contributed by atoms with Crippen molar-refractivity contribution in [2.24, 2.45) is 0 Å². The molecular weight excluding hydrogens is 388 g/mol. The highest BCUT2D eigenvalue weighted by Gasteiger charge is 2.23. The molecule has 8 nitrogen and oxygen atoms in total. The van der Waals surface area contributed by atoms with Gasteiger partial charge in [-0.05, 0) is 25.1 Å². The van der Waals surface area contributed by atoms with E-state index in [9.17, 15) is 9.59 Å². The predicted octanol–water partition coefficient (Wildman–Crippen LogP) is 1.65. The quantitative estimate of drug-likeness (QED) is 0.591. The van der Waals surface area contributed by atoms with Gasteiger partial charge in [-0.2, -0.15) is 0 Å². The number of fused-ring (bicyclic) bond motifs is 1. The number of aryl methyl sites for hydroxylation is 1. The number of aromatic nitrogens is 4. The zero-order valence-electron chi connectivity index (χ0n) is 16.2. The minimum atomic E-state index is -0.143. The Hall–Kier alpha value is -2.94. The summed E-state index contributed by atoms with van der Waals surface area (Å²) >= 11 is 1.22. The second-order valence-electron chi connectivity index (χ2n) is 6.66. The van der Waals surface area contributed by atoms with Crippen LogP contribution in [0, 0.1) is 0 Å². The topological polar surface area (TPSA) is 84.2 Å². The van der Waals surface area contributed by atoms with Gasteiger partial charge in [0.15, 0.2) is 5.03 Å². The van der Waals surface area contributed by atoms with E-state index >= 15 is 0 Å². The number of nitrogens with zero attached hydrogens (tertiary/aromatic N) is 6. The number of thioether (sulfide) groups is 1. The highest BCUT2D eigenvalue weighted by Crippen LogP contribution is 2.18. The van der Waals surface area contributed by atoms with Crippen molar-refractivity contribution in [2.45, 2.75) is 18.5 Å². The van der Waals surface area contributed by atoms with Crippen LogP contribution in [-0.2, 0) is 11.3 Å². The van der Waals surface area contributed by atoms with E-state index in [0.717, 1.165) is 11.0 Å². The van der Waals surface area contributed by atoms with Crippen molar-refractivity contribution in [3.63, 3.8) is 0 Å². The maximum Gasteiger partial charge on any atom is 0.283 e. The highest BCUT2D eigenvalue weighted by molar-refractivity contribution is 7.99. The first kappa shape index (κ1) is 19.4. The standard InChI is InChI=1S/C20H22N6O2S/c1-2-26-16-7-4-3-6-15(16)23-18(19(26)28)29-14-17(27)24-10-12-25(13-11-24)20-21-8-5-9-22-20/h3-9H,2,10-14H2,1H3. The Morgan fingerprint density at radius 2 is 1.79 bits per heavy atom. The van der Waals surface area contributed by atoms with Crippen molar-refractivity contribution in [3.8, 4) is 0 Å². The van der Waals surface area contributed by atoms with Crippen LogP contribution in [0.3, 0.4) is 0 Å². The van der Waals surface area contributed by atoms with Gasteiger partial charge in [0.25, 0.3) is 5.56 Å². The molecule has 1 fully saturated rings. The average molecular weight is 411 g/mol. The molecule has 0 spiro atoms. The maximum atomic E-state index is 12.7. The number of carbonyl (C=O) groups is 1. The van der Waals surface area contributed by atoms with Crippen LogP contribution >= 0.6 is 11.8 Å². The molecule has 9 heteroatoms. The van der Waals surface area contributed by atoms with Crippen LogP contribution in [0.5, 0.6) is 0 Å². The Bertz CT molecular complexity index is 1060. The summed E-state index contributed by atoms with van der Waals surface area (Å²) in [5, 5.41) is 0.371. The van der Waals surface area contributed by atoms with Gasteiger partial charge in [-0.1, -0.05) is 23.9 Å². The van der Waals surface area contributed by atoms with Gasteiger partial charge < -0.3 is 14.4 Å². The van der Waals surface area contributed by atoms with E-state index in [0.29, 0.717) is 43.7 Å². The van der Waals surface area contributed by atoms with E-state index in [1.54, 1.807) is 23.0 Å². The molecule has 1 amide bonds. The number of hydrogen-bond acceptors (Lipinski definition) is 7. The van der Waals surface area contributed by atoms with Crippen molar-refractivity contribution in [1.82, 2.24) is 24.4 Å². The van der Waals surface area contributed by atoms with Gasteiger partial charge in [0.05, 0.1) is 16.8 Å². The first-order chi connectivity index (χ1) is 14.2. The first-order valence-corrected chi connectivity index (χ1v) is 10.6. The first-order valence-electron chi connectivity index (χ1n) is 9.59. The smallest absolute Gasteiger partial charge is 0.283 e. The van der Waals surface area contributed by atoms with Crippen LogP contribution < -0.4 is 10.5 Å². The normalized spacial score (nSPS) is 14.4. The lowest BCUT2D eigenvalue weighted by atomic mass is 10.3. The van der Waals surface area contributed by atoms with Crippen LogP contribution in [-0.4, -0.2) is 62.3 Å². The molecule has 29 heavy (non-hydrogen) atoms. The maximum absolute atomic E-state index is 12.7. The second kappa shape index (κ2) is 8.60. The molecule has 1 aliphatic rings. The van der Waals surface area contributed by atoms with Gasteiger partial charge in [-0.25, -0.2) is 15.0 Å². The van der Waals surface area contributed by atoms with Crippen LogP contribution in [0.1, 0.15) is 6.92 Å². The van der Waals surface area contributed by atoms with Gasteiger partial charge in [-0.3, -0.25) is 9.59 Å². The Morgan fingerprint density at radius 1 is 1.07 bits per heavy atom. The van der Waals surface area contributed by atoms with E-state index in [1.807, 2.05) is 36.1 Å². The van der Waals surface area contributed by atoms with Gasteiger partial charge in [0.2, 0.25) is 11.9 Å². The molecule has 0 aliphatic carbocycles. The predicted molar refractivity (Wildman–Crippen MR) is 113 cm³/mol. The summed E-state index contributed by atoms with van der Waals surface area (Å²) in [6, 6.07) is 9.36. The molecule has 0 bridgehead atoms. The fraction of sp³-hybridized carbons (Fsp3) is 0.350. The number of anilines is 1. The lowest BCUT2D eigenvalue weighted by Gasteiger charge is -2.34. The fourth-order valence-electron chi connectivity index (χ4n) is 3.41. The Labute approximate surface area is 172 Å². The Morgan fingerprint density at radius 3 is 2.52 bits per heavy atom. The molecule has 1 aliphatic heterocycles. The van der Waals surface area contributed by atoms with Crippen molar-refractivity contribution < 1.29 is 4.79 Å². The summed E-state index contributed by atoms with van der Waals surface area (Å²) in [4.78, 5) is 42.3. The Kier molecular flexibility index (Phi) is 5.75. The number of carbonyl (C=O) groups excluding carboxylic acids is 1. The van der Waals surface area contributed by atoms with E-state index in [2.05, 4.69) is 19.9 Å². The van der Waals surface area contributed by atoms with Gasteiger partial charge in [-0.15, -0.1) is 0 Å². The van der Waals surface area contributed by atoms with Gasteiger partial charge in [0, 0.05) is 45.1 Å². The minimum absolute atomic E-state index is 0.0148. The van der Waals surface area contributed by atoms with Crippen molar-refractivity contribution in [1.29, 1.82) is 0 Å². The molecule has 0 unspecified atom stereocenters. The third kappa shape index (κ3) is 4.09. The van der Waals surface area contributed by atoms with Crippen molar-refractivity contribution in [2.75, 3.05) is 36.8 Å². The Balaban J connectivity index is 1.40. The van der Waals surface area contributed by atoms with Crippen molar-refractivity contribution >= 4 is 34.7 Å². The zero-order valence-corrected chi connectivity index (χ0v) is 17.0. The second-order valence-corrected chi connectivity index (χ2v) is 7.62. The highest BCUT2D eigenvalue weighted by atomic mass is 32.2. The molecule has 0 radical (unpaired) electrons. The average Bonchev–Trinajstić information content (AvgIpc) is 2.78. The molecule has 3 aromatic rings. The number of benzene rings is 1. The molecular formula is C20H22N6O2S. The zero-order chi connectivity index (χ0) is 20.2. The minimum Gasteiger partial charge on any atom is -0.338 e. The fourth-order valence-corrected chi connectivity index (χ4v) is 4.25. The summed E-state index contributed by atoms with van der Waals surface area (Å²) in [6.07, 6.45) is 3.44. The van der Waals surface area contributed by atoms with Crippen LogP contribution in [0.4, 0.5) is 5.95 Å². The monoisotopic (exact) mass is 410 g/mol. The third-order valence-electron chi connectivity index (χ3n) is 4.94. The summed E-state index contributed by atoms with van der Waals surface area (Å²) < 4.78 is 1.70. The molecule has 150 valence electrons. The number of amides is 1. The summed E-state index contributed by atoms with van der Waals surface area (Å²) in [7, 11) is 0. The molecule has 1 aromatic carbocycles. The van der Waals surface area contributed by atoms with E-state index in [4.69, 9.17) is 0 Å². The number of piperazine rings is 1. The molecule has 0 saturated carbocycles.